The van der Waals surface area contributed by atoms with E-state index in [9.17, 15) is 0 Å². The SMILES string of the molecule is CCC1c2ccccc2C(c2ccc(-c3ccccc3)cc2)=NC1c1ccc2oc3cccc4c5ccc(-c6ccccc6)cc5c1c2c34. The van der Waals surface area contributed by atoms with E-state index in [1.54, 1.807) is 0 Å². The molecular weight excluding hydrogens is 595 g/mol. The van der Waals surface area contributed by atoms with Crippen molar-refractivity contribution in [3.8, 4) is 22.3 Å². The summed E-state index contributed by atoms with van der Waals surface area (Å²) in [6.45, 7) is 2.31. The monoisotopic (exact) mass is 627 g/mol. The summed E-state index contributed by atoms with van der Waals surface area (Å²) in [6, 6.07) is 57.0. The van der Waals surface area contributed by atoms with Gasteiger partial charge in [-0.3, -0.25) is 4.99 Å². The Bertz CT molecular complexity index is 2680. The molecule has 49 heavy (non-hydrogen) atoms. The molecular formula is C47H33NO. The van der Waals surface area contributed by atoms with E-state index in [4.69, 9.17) is 9.41 Å². The summed E-state index contributed by atoms with van der Waals surface area (Å²) in [5.41, 5.74) is 12.8. The highest BCUT2D eigenvalue weighted by atomic mass is 16.3. The van der Waals surface area contributed by atoms with Crippen molar-refractivity contribution in [2.75, 3.05) is 0 Å². The van der Waals surface area contributed by atoms with Crippen LogP contribution in [-0.2, 0) is 0 Å². The van der Waals surface area contributed by atoms with Crippen LogP contribution in [-0.4, -0.2) is 5.71 Å². The molecule has 0 saturated carbocycles. The lowest BCUT2D eigenvalue weighted by molar-refractivity contribution is 0.536. The van der Waals surface area contributed by atoms with Gasteiger partial charge in [-0.15, -0.1) is 0 Å². The van der Waals surface area contributed by atoms with Crippen molar-refractivity contribution in [2.45, 2.75) is 25.3 Å². The van der Waals surface area contributed by atoms with Crippen molar-refractivity contribution in [1.29, 1.82) is 0 Å². The minimum Gasteiger partial charge on any atom is -0.456 e. The first kappa shape index (κ1) is 28.1. The normalized spacial score (nSPS) is 16.1. The second-order valence-corrected chi connectivity index (χ2v) is 13.3. The smallest absolute Gasteiger partial charge is 0.136 e. The molecule has 0 fully saturated rings. The standard InChI is InChI=1S/C47H33NO/c1-2-34-35-16-9-10-17-38(35)46(32-22-20-31(21-23-32)29-12-5-3-6-13-29)48-47(34)39-26-27-42-45-43(39)40-28-33(30-14-7-4-8-15-30)24-25-36(40)37-18-11-19-41(49-42)44(37)45/h3-28,34,47H,2H2,1H3. The Balaban J connectivity index is 1.25. The third-order valence-corrected chi connectivity index (χ3v) is 10.7. The lowest BCUT2D eigenvalue weighted by Gasteiger charge is -2.33. The number of hydrogen-bond acceptors (Lipinski definition) is 2. The van der Waals surface area contributed by atoms with E-state index >= 15 is 0 Å². The molecule has 0 radical (unpaired) electrons. The number of furan rings is 1. The van der Waals surface area contributed by atoms with E-state index in [1.165, 1.54) is 71.3 Å². The molecule has 1 aromatic heterocycles. The van der Waals surface area contributed by atoms with Crippen LogP contribution in [0.15, 0.2) is 167 Å². The minimum absolute atomic E-state index is 0.0634. The van der Waals surface area contributed by atoms with Crippen molar-refractivity contribution in [2.24, 2.45) is 4.99 Å². The van der Waals surface area contributed by atoms with E-state index in [1.807, 2.05) is 0 Å². The van der Waals surface area contributed by atoms with Crippen LogP contribution in [0.25, 0.3) is 65.7 Å². The number of hydrogen-bond donors (Lipinski definition) is 0. The molecule has 8 aromatic carbocycles. The summed E-state index contributed by atoms with van der Waals surface area (Å²) in [4.78, 5) is 5.76. The Kier molecular flexibility index (Phi) is 6.32. The topological polar surface area (TPSA) is 25.5 Å². The molecule has 0 spiro atoms. The third kappa shape index (κ3) is 4.30. The molecule has 2 unspecified atom stereocenters. The highest BCUT2D eigenvalue weighted by Crippen LogP contribution is 2.50. The maximum absolute atomic E-state index is 6.55. The van der Waals surface area contributed by atoms with Gasteiger partial charge in [0.15, 0.2) is 0 Å². The summed E-state index contributed by atoms with van der Waals surface area (Å²) in [7, 11) is 0. The predicted molar refractivity (Wildman–Crippen MR) is 205 cm³/mol. The van der Waals surface area contributed by atoms with Gasteiger partial charge >= 0.3 is 0 Å². The van der Waals surface area contributed by atoms with Gasteiger partial charge in [0.1, 0.15) is 11.2 Å². The van der Waals surface area contributed by atoms with E-state index in [-0.39, 0.29) is 12.0 Å². The first-order valence-corrected chi connectivity index (χ1v) is 17.3. The number of nitrogens with zero attached hydrogens (tertiary/aromatic N) is 1. The fourth-order valence-electron chi connectivity index (χ4n) is 8.40. The molecule has 0 amide bonds. The summed E-state index contributed by atoms with van der Waals surface area (Å²) in [5, 5.41) is 7.41. The van der Waals surface area contributed by atoms with E-state index in [0.717, 1.165) is 28.9 Å². The Morgan fingerprint density at radius 2 is 1.12 bits per heavy atom. The molecule has 2 nitrogen and oxygen atoms in total. The number of fused-ring (bicyclic) bond motifs is 4. The van der Waals surface area contributed by atoms with Gasteiger partial charge in [-0.25, -0.2) is 0 Å². The lowest BCUT2D eigenvalue weighted by Crippen LogP contribution is -2.22. The molecule has 2 atom stereocenters. The van der Waals surface area contributed by atoms with Gasteiger partial charge < -0.3 is 4.42 Å². The lowest BCUT2D eigenvalue weighted by atomic mass is 9.76. The van der Waals surface area contributed by atoms with Crippen molar-refractivity contribution < 1.29 is 4.42 Å². The van der Waals surface area contributed by atoms with Crippen LogP contribution in [0.3, 0.4) is 0 Å². The van der Waals surface area contributed by atoms with Crippen LogP contribution < -0.4 is 0 Å². The first-order valence-electron chi connectivity index (χ1n) is 17.3. The van der Waals surface area contributed by atoms with Crippen LogP contribution >= 0.6 is 0 Å². The second-order valence-electron chi connectivity index (χ2n) is 13.3. The molecule has 0 N–H and O–H groups in total. The summed E-state index contributed by atoms with van der Waals surface area (Å²) < 4.78 is 6.55. The largest absolute Gasteiger partial charge is 0.456 e. The quantitative estimate of drug-likeness (QED) is 0.174. The number of benzene rings is 8. The fourth-order valence-corrected chi connectivity index (χ4v) is 8.40. The maximum Gasteiger partial charge on any atom is 0.136 e. The van der Waals surface area contributed by atoms with Gasteiger partial charge in [0, 0.05) is 27.8 Å². The van der Waals surface area contributed by atoms with Crippen LogP contribution in [0, 0.1) is 0 Å². The fraction of sp³-hybridized carbons (Fsp3) is 0.0851. The zero-order valence-corrected chi connectivity index (χ0v) is 27.2. The predicted octanol–water partition coefficient (Wildman–Crippen LogP) is 12.8. The first-order chi connectivity index (χ1) is 24.3. The molecule has 1 aliphatic rings. The highest BCUT2D eigenvalue weighted by molar-refractivity contribution is 6.34. The maximum atomic E-state index is 6.55. The summed E-state index contributed by atoms with van der Waals surface area (Å²) >= 11 is 0. The van der Waals surface area contributed by atoms with Crippen molar-refractivity contribution in [1.82, 2.24) is 0 Å². The zero-order valence-electron chi connectivity index (χ0n) is 27.2. The van der Waals surface area contributed by atoms with Gasteiger partial charge in [-0.2, -0.15) is 0 Å². The minimum atomic E-state index is -0.0634. The van der Waals surface area contributed by atoms with Crippen molar-refractivity contribution in [3.05, 3.63) is 180 Å². The highest BCUT2D eigenvalue weighted by Gasteiger charge is 2.34. The molecule has 2 heterocycles. The van der Waals surface area contributed by atoms with Crippen LogP contribution in [0.2, 0.25) is 0 Å². The van der Waals surface area contributed by atoms with E-state index in [2.05, 4.69) is 165 Å². The van der Waals surface area contributed by atoms with Gasteiger partial charge in [-0.1, -0.05) is 146 Å². The van der Waals surface area contributed by atoms with Crippen LogP contribution in [0.4, 0.5) is 0 Å². The molecule has 9 aromatic rings. The molecule has 232 valence electrons. The van der Waals surface area contributed by atoms with Gasteiger partial charge in [0.25, 0.3) is 0 Å². The Morgan fingerprint density at radius 1 is 0.469 bits per heavy atom. The van der Waals surface area contributed by atoms with E-state index in [0.29, 0.717) is 0 Å². The van der Waals surface area contributed by atoms with Gasteiger partial charge in [0.2, 0.25) is 0 Å². The Morgan fingerprint density at radius 3 is 1.90 bits per heavy atom. The van der Waals surface area contributed by atoms with Crippen molar-refractivity contribution >= 4 is 49.2 Å². The zero-order chi connectivity index (χ0) is 32.5. The molecule has 0 aliphatic carbocycles. The van der Waals surface area contributed by atoms with Gasteiger partial charge in [-0.05, 0) is 79.5 Å². The van der Waals surface area contributed by atoms with Crippen LogP contribution in [0.1, 0.15) is 47.6 Å². The molecule has 10 rings (SSSR count). The molecule has 0 saturated heterocycles. The number of rotatable bonds is 5. The second kappa shape index (κ2) is 11.0. The Labute approximate surface area is 285 Å². The number of aliphatic imine (C=N–C) groups is 1. The van der Waals surface area contributed by atoms with Gasteiger partial charge in [0.05, 0.1) is 11.8 Å². The molecule has 1 aliphatic heterocycles. The van der Waals surface area contributed by atoms with Crippen molar-refractivity contribution in [3.63, 3.8) is 0 Å². The molecule has 2 heteroatoms. The average molecular weight is 628 g/mol. The molecule has 0 bridgehead atoms. The summed E-state index contributed by atoms with van der Waals surface area (Å²) in [5.74, 6) is 0.234. The average Bonchev–Trinajstić information content (AvgIpc) is 3.57. The Hall–Kier alpha value is -5.99. The van der Waals surface area contributed by atoms with Crippen LogP contribution in [0.5, 0.6) is 0 Å². The summed E-state index contributed by atoms with van der Waals surface area (Å²) in [6.07, 6.45) is 0.983. The third-order valence-electron chi connectivity index (χ3n) is 10.7. The van der Waals surface area contributed by atoms with E-state index < -0.39 is 0 Å².